The first-order valence-electron chi connectivity index (χ1n) is 7.17. The number of rotatable bonds is 5. The maximum absolute atomic E-state index is 10.4. The van der Waals surface area contributed by atoms with E-state index in [0.29, 0.717) is 13.0 Å². The fraction of sp³-hybridized carbons (Fsp3) is 0.786. The molecule has 19 heavy (non-hydrogen) atoms. The van der Waals surface area contributed by atoms with Gasteiger partial charge in [-0.1, -0.05) is 18.5 Å². The fourth-order valence-corrected chi connectivity index (χ4v) is 2.99. The summed E-state index contributed by atoms with van der Waals surface area (Å²) in [5.74, 6) is 0.218. The van der Waals surface area contributed by atoms with Crippen LogP contribution in [-0.4, -0.2) is 34.2 Å². The Balaban J connectivity index is 2.10. The molecule has 0 radical (unpaired) electrons. The Morgan fingerprint density at radius 2 is 2.32 bits per heavy atom. The van der Waals surface area contributed by atoms with Gasteiger partial charge in [0.05, 0.1) is 29.1 Å². The van der Waals surface area contributed by atoms with Crippen molar-refractivity contribution in [3.8, 4) is 0 Å². The molecule has 1 aliphatic rings. The average Bonchev–Trinajstić information content (AvgIpc) is 2.76. The molecule has 1 fully saturated rings. The highest BCUT2D eigenvalue weighted by atomic mass is 35.5. The van der Waals surface area contributed by atoms with E-state index in [1.54, 1.807) is 0 Å². The van der Waals surface area contributed by atoms with Crippen molar-refractivity contribution in [2.24, 2.45) is 5.92 Å². The Kier molecular flexibility index (Phi) is 5.25. The standard InChI is InChI=1S/C14H23ClN2O2/c1-3-11-14(15)12(17(4-2)16-11)8-13(18)10-6-5-7-19-9-10/h10,13,18H,3-9H2,1-2H3. The number of hydrogen-bond acceptors (Lipinski definition) is 3. The number of nitrogens with zero attached hydrogens (tertiary/aromatic N) is 2. The quantitative estimate of drug-likeness (QED) is 0.904. The molecule has 0 amide bonds. The van der Waals surface area contributed by atoms with Gasteiger partial charge in [0.2, 0.25) is 0 Å². The molecule has 0 bridgehead atoms. The lowest BCUT2D eigenvalue weighted by atomic mass is 9.93. The maximum Gasteiger partial charge on any atom is 0.0850 e. The van der Waals surface area contributed by atoms with Gasteiger partial charge in [-0.15, -0.1) is 0 Å². The second-order valence-corrected chi connectivity index (χ2v) is 5.50. The maximum atomic E-state index is 10.4. The van der Waals surface area contributed by atoms with Gasteiger partial charge >= 0.3 is 0 Å². The van der Waals surface area contributed by atoms with E-state index in [1.165, 1.54) is 0 Å². The van der Waals surface area contributed by atoms with Crippen LogP contribution in [0.1, 0.15) is 38.1 Å². The highest BCUT2D eigenvalue weighted by molar-refractivity contribution is 6.31. The van der Waals surface area contributed by atoms with Crippen LogP contribution < -0.4 is 0 Å². The van der Waals surface area contributed by atoms with Crippen molar-refractivity contribution < 1.29 is 9.84 Å². The minimum absolute atomic E-state index is 0.218. The van der Waals surface area contributed by atoms with Crippen molar-refractivity contribution in [2.45, 2.75) is 52.2 Å². The highest BCUT2D eigenvalue weighted by Gasteiger charge is 2.25. The van der Waals surface area contributed by atoms with Crippen LogP contribution in [-0.2, 0) is 24.1 Å². The zero-order valence-corrected chi connectivity index (χ0v) is 12.5. The van der Waals surface area contributed by atoms with Crippen molar-refractivity contribution in [1.82, 2.24) is 9.78 Å². The molecule has 1 aromatic rings. The number of aliphatic hydroxyl groups is 1. The summed E-state index contributed by atoms with van der Waals surface area (Å²) in [6.07, 6.45) is 3.04. The molecule has 2 atom stereocenters. The number of aromatic nitrogens is 2. The van der Waals surface area contributed by atoms with E-state index < -0.39 is 6.10 Å². The van der Waals surface area contributed by atoms with Crippen LogP contribution in [0.4, 0.5) is 0 Å². The molecule has 1 aliphatic heterocycles. The van der Waals surface area contributed by atoms with Crippen molar-refractivity contribution in [3.05, 3.63) is 16.4 Å². The third-order valence-corrected chi connectivity index (χ3v) is 4.27. The smallest absolute Gasteiger partial charge is 0.0850 e. The molecule has 2 heterocycles. The molecular weight excluding hydrogens is 264 g/mol. The van der Waals surface area contributed by atoms with Gasteiger partial charge in [-0.3, -0.25) is 4.68 Å². The lowest BCUT2D eigenvalue weighted by Crippen LogP contribution is -2.31. The molecule has 0 aliphatic carbocycles. The molecular formula is C14H23ClN2O2. The number of halogens is 1. The predicted molar refractivity (Wildman–Crippen MR) is 75.5 cm³/mol. The first-order valence-corrected chi connectivity index (χ1v) is 7.55. The van der Waals surface area contributed by atoms with Gasteiger partial charge in [-0.25, -0.2) is 0 Å². The zero-order chi connectivity index (χ0) is 13.8. The first-order chi connectivity index (χ1) is 9.17. The van der Waals surface area contributed by atoms with E-state index >= 15 is 0 Å². The van der Waals surface area contributed by atoms with E-state index in [4.69, 9.17) is 16.3 Å². The molecule has 0 aromatic carbocycles. The van der Waals surface area contributed by atoms with Crippen molar-refractivity contribution in [2.75, 3.05) is 13.2 Å². The van der Waals surface area contributed by atoms with Crippen LogP contribution in [0.3, 0.4) is 0 Å². The molecule has 1 N–H and O–H groups in total. The summed E-state index contributed by atoms with van der Waals surface area (Å²) in [6.45, 7) is 6.34. The topological polar surface area (TPSA) is 47.3 Å². The number of aryl methyl sites for hydroxylation is 2. The minimum atomic E-state index is -0.399. The molecule has 1 saturated heterocycles. The molecule has 1 aromatic heterocycles. The van der Waals surface area contributed by atoms with Crippen LogP contribution in [0.5, 0.6) is 0 Å². The monoisotopic (exact) mass is 286 g/mol. The average molecular weight is 287 g/mol. The van der Waals surface area contributed by atoms with Gasteiger partial charge in [0.1, 0.15) is 0 Å². The lowest BCUT2D eigenvalue weighted by molar-refractivity contribution is -0.00911. The summed E-state index contributed by atoms with van der Waals surface area (Å²) in [6, 6.07) is 0. The van der Waals surface area contributed by atoms with Gasteiger partial charge in [-0.05, 0) is 26.2 Å². The summed E-state index contributed by atoms with van der Waals surface area (Å²) in [4.78, 5) is 0. The summed E-state index contributed by atoms with van der Waals surface area (Å²) < 4.78 is 7.35. The number of ether oxygens (including phenoxy) is 1. The third-order valence-electron chi connectivity index (χ3n) is 3.84. The Labute approximate surface area is 119 Å². The van der Waals surface area contributed by atoms with Crippen LogP contribution in [0.25, 0.3) is 0 Å². The van der Waals surface area contributed by atoms with E-state index in [2.05, 4.69) is 5.10 Å². The van der Waals surface area contributed by atoms with E-state index in [-0.39, 0.29) is 5.92 Å². The molecule has 0 saturated carbocycles. The summed E-state index contributed by atoms with van der Waals surface area (Å²) >= 11 is 6.37. The predicted octanol–water partition coefficient (Wildman–Crippen LogP) is 2.45. The van der Waals surface area contributed by atoms with Gasteiger partial charge < -0.3 is 9.84 Å². The Bertz CT molecular complexity index is 414. The first kappa shape index (κ1) is 14.8. The van der Waals surface area contributed by atoms with Gasteiger partial charge in [0.25, 0.3) is 0 Å². The van der Waals surface area contributed by atoms with E-state index in [1.807, 2.05) is 18.5 Å². The molecule has 108 valence electrons. The van der Waals surface area contributed by atoms with E-state index in [0.717, 1.165) is 48.8 Å². The van der Waals surface area contributed by atoms with Crippen molar-refractivity contribution in [3.63, 3.8) is 0 Å². The molecule has 0 spiro atoms. The van der Waals surface area contributed by atoms with Gasteiger partial charge in [-0.2, -0.15) is 5.10 Å². The molecule has 2 unspecified atom stereocenters. The van der Waals surface area contributed by atoms with Crippen LogP contribution >= 0.6 is 11.6 Å². The summed E-state index contributed by atoms with van der Waals surface area (Å²) in [5, 5.41) is 15.6. The highest BCUT2D eigenvalue weighted by Crippen LogP contribution is 2.26. The zero-order valence-electron chi connectivity index (χ0n) is 11.7. The van der Waals surface area contributed by atoms with Crippen molar-refractivity contribution >= 4 is 11.6 Å². The van der Waals surface area contributed by atoms with Crippen LogP contribution in [0.2, 0.25) is 5.02 Å². The fourth-order valence-electron chi connectivity index (χ4n) is 2.65. The Morgan fingerprint density at radius 1 is 1.53 bits per heavy atom. The van der Waals surface area contributed by atoms with Crippen molar-refractivity contribution in [1.29, 1.82) is 0 Å². The second kappa shape index (κ2) is 6.73. The minimum Gasteiger partial charge on any atom is -0.392 e. The molecule has 2 rings (SSSR count). The largest absolute Gasteiger partial charge is 0.392 e. The van der Waals surface area contributed by atoms with E-state index in [9.17, 15) is 5.11 Å². The van der Waals surface area contributed by atoms with Gasteiger partial charge in [0.15, 0.2) is 0 Å². The summed E-state index contributed by atoms with van der Waals surface area (Å²) in [7, 11) is 0. The normalized spacial score (nSPS) is 21.6. The number of hydrogen-bond donors (Lipinski definition) is 1. The second-order valence-electron chi connectivity index (χ2n) is 5.13. The Hall–Kier alpha value is -0.580. The molecule has 4 nitrogen and oxygen atoms in total. The molecule has 5 heteroatoms. The Morgan fingerprint density at radius 3 is 2.89 bits per heavy atom. The van der Waals surface area contributed by atoms with Crippen LogP contribution in [0, 0.1) is 5.92 Å². The third kappa shape index (κ3) is 3.30. The summed E-state index contributed by atoms with van der Waals surface area (Å²) in [5.41, 5.74) is 1.88. The SMILES string of the molecule is CCc1nn(CC)c(CC(O)C2CCCOC2)c1Cl. The number of aliphatic hydroxyl groups excluding tert-OH is 1. The van der Waals surface area contributed by atoms with Gasteiger partial charge in [0, 0.05) is 25.5 Å². The lowest BCUT2D eigenvalue weighted by Gasteiger charge is -2.26. The van der Waals surface area contributed by atoms with Crippen LogP contribution in [0.15, 0.2) is 0 Å².